The Morgan fingerprint density at radius 2 is 1.67 bits per heavy atom. The quantitative estimate of drug-likeness (QED) is 0.451. The van der Waals surface area contributed by atoms with E-state index in [0.29, 0.717) is 14.6 Å². The third kappa shape index (κ3) is 4.27. The van der Waals surface area contributed by atoms with Crippen LogP contribution < -0.4 is 0 Å². The van der Waals surface area contributed by atoms with E-state index in [2.05, 4.69) is 37.0 Å². The summed E-state index contributed by atoms with van der Waals surface area (Å²) in [6.07, 6.45) is -1.93. The van der Waals surface area contributed by atoms with Crippen LogP contribution in [0.25, 0.3) is 16.9 Å². The first-order valence-electron chi connectivity index (χ1n) is 7.41. The number of sulfone groups is 1. The molecule has 3 rings (SSSR count). The molecule has 0 atom stereocenters. The van der Waals surface area contributed by atoms with E-state index in [-0.39, 0.29) is 11.3 Å². The van der Waals surface area contributed by atoms with Crippen LogP contribution in [-0.2, 0) is 9.84 Å². The lowest BCUT2D eigenvalue weighted by atomic mass is 10.1. The van der Waals surface area contributed by atoms with Crippen molar-refractivity contribution >= 4 is 41.7 Å². The van der Waals surface area contributed by atoms with Crippen LogP contribution in [0.5, 0.6) is 0 Å². The molecule has 0 bridgehead atoms. The topological polar surface area (TPSA) is 52.0 Å². The fraction of sp³-hybridized carbons (Fsp3) is 0.118. The van der Waals surface area contributed by atoms with Gasteiger partial charge in [0.1, 0.15) is 16.4 Å². The van der Waals surface area contributed by atoms with Gasteiger partial charge in [-0.05, 0) is 36.4 Å². The van der Waals surface area contributed by atoms with Gasteiger partial charge < -0.3 is 0 Å². The molecule has 27 heavy (non-hydrogen) atoms. The zero-order valence-electron chi connectivity index (χ0n) is 13.6. The summed E-state index contributed by atoms with van der Waals surface area (Å²) in [7, 11) is -3.74. The number of aromatic nitrogens is 2. The summed E-state index contributed by atoms with van der Waals surface area (Å²) in [5.74, 6) is -0.961. The van der Waals surface area contributed by atoms with Crippen molar-refractivity contribution in [2.45, 2.75) is 11.3 Å². The molecule has 142 valence electrons. The van der Waals surface area contributed by atoms with Crippen molar-refractivity contribution in [3.8, 4) is 16.9 Å². The Morgan fingerprint density at radius 1 is 1.04 bits per heavy atom. The van der Waals surface area contributed by atoms with Gasteiger partial charge in [-0.1, -0.05) is 37.9 Å². The van der Waals surface area contributed by atoms with Gasteiger partial charge in [0.2, 0.25) is 0 Å². The van der Waals surface area contributed by atoms with Crippen LogP contribution in [0.15, 0.2) is 56.3 Å². The van der Waals surface area contributed by atoms with Crippen molar-refractivity contribution in [2.24, 2.45) is 0 Å². The molecule has 1 aromatic heterocycles. The van der Waals surface area contributed by atoms with Gasteiger partial charge in [0.25, 0.3) is 6.43 Å². The fourth-order valence-corrected chi connectivity index (χ4v) is 4.53. The van der Waals surface area contributed by atoms with Crippen molar-refractivity contribution in [3.63, 3.8) is 0 Å². The minimum absolute atomic E-state index is 0.203. The Kier molecular flexibility index (Phi) is 5.51. The normalized spacial score (nSPS) is 12.0. The van der Waals surface area contributed by atoms with E-state index >= 15 is 0 Å². The second-order valence-electron chi connectivity index (χ2n) is 5.71. The highest BCUT2D eigenvalue weighted by Gasteiger charge is 2.20. The van der Waals surface area contributed by atoms with Gasteiger partial charge in [0.05, 0.1) is 11.4 Å². The lowest BCUT2D eigenvalue weighted by Crippen LogP contribution is -2.03. The second-order valence-corrected chi connectivity index (χ2v) is 9.53. The number of alkyl halides is 2. The van der Waals surface area contributed by atoms with Gasteiger partial charge in [0.15, 0.2) is 9.84 Å². The SMILES string of the molecule is CS(=O)(=O)c1ccc(-c2cc(C(F)F)nn2-c2cc(Br)cc(Br)c2)cc1F. The molecule has 2 aromatic carbocycles. The number of halogens is 5. The molecule has 0 saturated heterocycles. The zero-order valence-corrected chi connectivity index (χ0v) is 17.6. The van der Waals surface area contributed by atoms with Crippen LogP contribution in [0.2, 0.25) is 0 Å². The number of nitrogens with zero attached hydrogens (tertiary/aromatic N) is 2. The van der Waals surface area contributed by atoms with Crippen LogP contribution in [-0.4, -0.2) is 24.5 Å². The Bertz CT molecular complexity index is 1110. The highest BCUT2D eigenvalue weighted by atomic mass is 79.9. The highest BCUT2D eigenvalue weighted by molar-refractivity contribution is 9.11. The number of benzene rings is 2. The van der Waals surface area contributed by atoms with Gasteiger partial charge >= 0.3 is 0 Å². The van der Waals surface area contributed by atoms with Crippen molar-refractivity contribution in [1.82, 2.24) is 9.78 Å². The monoisotopic (exact) mass is 522 g/mol. The first kappa shape index (κ1) is 20.1. The van der Waals surface area contributed by atoms with E-state index in [1.165, 1.54) is 10.7 Å². The molecule has 0 unspecified atom stereocenters. The molecular weight excluding hydrogens is 513 g/mol. The second kappa shape index (κ2) is 7.40. The van der Waals surface area contributed by atoms with Gasteiger partial charge in [-0.15, -0.1) is 0 Å². The smallest absolute Gasteiger partial charge is 0.233 e. The van der Waals surface area contributed by atoms with Crippen molar-refractivity contribution in [1.29, 1.82) is 0 Å². The van der Waals surface area contributed by atoms with Crippen LogP contribution >= 0.6 is 31.9 Å². The van der Waals surface area contributed by atoms with Gasteiger partial charge in [-0.2, -0.15) is 5.10 Å². The lowest BCUT2D eigenvalue weighted by Gasteiger charge is -2.10. The Labute approximate surface area is 170 Å². The van der Waals surface area contributed by atoms with E-state index < -0.39 is 32.7 Å². The average Bonchev–Trinajstić information content (AvgIpc) is 2.98. The summed E-state index contributed by atoms with van der Waals surface area (Å²) in [4.78, 5) is -0.461. The van der Waals surface area contributed by atoms with Crippen LogP contribution in [0.3, 0.4) is 0 Å². The first-order chi connectivity index (χ1) is 12.6. The molecule has 0 spiro atoms. The average molecular weight is 524 g/mol. The molecule has 0 aliphatic carbocycles. The molecule has 0 radical (unpaired) electrons. The van der Waals surface area contributed by atoms with Crippen molar-refractivity contribution < 1.29 is 21.6 Å². The maximum atomic E-state index is 14.3. The molecule has 4 nitrogen and oxygen atoms in total. The third-order valence-corrected chi connectivity index (χ3v) is 5.72. The molecule has 0 aliphatic rings. The van der Waals surface area contributed by atoms with E-state index in [1.807, 2.05) is 0 Å². The molecule has 10 heteroatoms. The Morgan fingerprint density at radius 3 is 2.19 bits per heavy atom. The van der Waals surface area contributed by atoms with Crippen molar-refractivity contribution in [3.05, 3.63) is 62.9 Å². The predicted molar refractivity (Wildman–Crippen MR) is 102 cm³/mol. The third-order valence-electron chi connectivity index (χ3n) is 3.67. The highest BCUT2D eigenvalue weighted by Crippen LogP contribution is 2.32. The molecular formula is C17H11Br2F3N2O2S. The lowest BCUT2D eigenvalue weighted by molar-refractivity contribution is 0.145. The van der Waals surface area contributed by atoms with Crippen LogP contribution in [0.4, 0.5) is 13.2 Å². The molecule has 0 fully saturated rings. The summed E-state index contributed by atoms with van der Waals surface area (Å²) in [6, 6.07) is 9.70. The molecule has 3 aromatic rings. The van der Waals surface area contributed by atoms with E-state index in [1.54, 1.807) is 18.2 Å². The van der Waals surface area contributed by atoms with Gasteiger partial charge in [-0.3, -0.25) is 0 Å². The summed E-state index contributed by atoms with van der Waals surface area (Å²) < 4.78 is 66.5. The standard InChI is InChI=1S/C17H11Br2F3N2O2S/c1-27(25,26)16-3-2-9(4-13(16)20)15-8-14(17(21)22)23-24(15)12-6-10(18)5-11(19)7-12/h2-8,17H,1H3. The molecule has 0 amide bonds. The molecule has 0 aliphatic heterocycles. The van der Waals surface area contributed by atoms with E-state index in [0.717, 1.165) is 24.5 Å². The Balaban J connectivity index is 2.22. The molecule has 1 heterocycles. The van der Waals surface area contributed by atoms with Crippen molar-refractivity contribution in [2.75, 3.05) is 6.26 Å². The Hall–Kier alpha value is -1.65. The maximum absolute atomic E-state index is 14.3. The van der Waals surface area contributed by atoms with E-state index in [9.17, 15) is 21.6 Å². The summed E-state index contributed by atoms with van der Waals surface area (Å²) in [5.41, 5.74) is 0.407. The number of hydrogen-bond donors (Lipinski definition) is 0. The fourth-order valence-electron chi connectivity index (χ4n) is 2.53. The number of hydrogen-bond acceptors (Lipinski definition) is 3. The van der Waals surface area contributed by atoms with Crippen LogP contribution in [0, 0.1) is 5.82 Å². The minimum Gasteiger partial charge on any atom is -0.233 e. The van der Waals surface area contributed by atoms with Gasteiger partial charge in [-0.25, -0.2) is 26.3 Å². The first-order valence-corrected chi connectivity index (χ1v) is 10.9. The summed E-state index contributed by atoms with van der Waals surface area (Å²) >= 11 is 6.65. The van der Waals surface area contributed by atoms with Crippen LogP contribution in [0.1, 0.15) is 12.1 Å². The minimum atomic E-state index is -3.74. The maximum Gasteiger partial charge on any atom is 0.282 e. The van der Waals surface area contributed by atoms with E-state index in [4.69, 9.17) is 0 Å². The zero-order chi connectivity index (χ0) is 19.9. The van der Waals surface area contributed by atoms with Gasteiger partial charge in [0, 0.05) is 20.8 Å². The molecule has 0 N–H and O–H groups in total. The molecule has 0 saturated carbocycles. The largest absolute Gasteiger partial charge is 0.282 e. The summed E-state index contributed by atoms with van der Waals surface area (Å²) in [5, 5.41) is 3.92. The summed E-state index contributed by atoms with van der Waals surface area (Å²) in [6.45, 7) is 0. The number of rotatable bonds is 4. The predicted octanol–water partition coefficient (Wildman–Crippen LogP) is 5.54.